The Morgan fingerprint density at radius 1 is 1.15 bits per heavy atom. The summed E-state index contributed by atoms with van der Waals surface area (Å²) in [5.74, 6) is -0.942. The van der Waals surface area contributed by atoms with E-state index in [1.807, 2.05) is 49.0 Å². The Hall–Kier alpha value is -4.26. The molecule has 10 nitrogen and oxygen atoms in total. The van der Waals surface area contributed by atoms with E-state index in [4.69, 9.17) is 4.74 Å². The fourth-order valence-corrected chi connectivity index (χ4v) is 6.99. The second-order valence-electron chi connectivity index (χ2n) is 12.0. The molecule has 3 atom stereocenters. The Morgan fingerprint density at radius 3 is 2.59 bits per heavy atom. The summed E-state index contributed by atoms with van der Waals surface area (Å²) in [6.07, 6.45) is 1.36. The second-order valence-corrected chi connectivity index (χ2v) is 14.0. The van der Waals surface area contributed by atoms with Crippen molar-refractivity contribution in [2.24, 2.45) is 13.0 Å². The maximum Gasteiger partial charge on any atom is 0.242 e. The van der Waals surface area contributed by atoms with Crippen molar-refractivity contribution >= 4 is 38.4 Å². The summed E-state index contributed by atoms with van der Waals surface area (Å²) in [6, 6.07) is 17.0. The van der Waals surface area contributed by atoms with Crippen molar-refractivity contribution in [3.8, 4) is 5.75 Å². The summed E-state index contributed by atoms with van der Waals surface area (Å²) in [4.78, 5) is 28.2. The summed E-state index contributed by atoms with van der Waals surface area (Å²) in [5.41, 5.74) is 2.93. The molecule has 4 aromatic rings. The topological polar surface area (TPSA) is 121 Å². The third-order valence-corrected chi connectivity index (χ3v) is 10.3. The average Bonchev–Trinajstić information content (AvgIpc) is 3.35. The number of aliphatic hydroxyl groups excluding tert-OH is 1. The minimum atomic E-state index is -3.97. The molecule has 1 aliphatic rings. The maximum absolute atomic E-state index is 13.6. The number of ether oxygens (including phenoxy) is 1. The van der Waals surface area contributed by atoms with E-state index >= 15 is 0 Å². The van der Waals surface area contributed by atoms with Crippen LogP contribution < -0.4 is 10.1 Å². The van der Waals surface area contributed by atoms with Gasteiger partial charge in [-0.15, -0.1) is 0 Å². The van der Waals surface area contributed by atoms with Crippen molar-refractivity contribution in [1.29, 1.82) is 0 Å². The molecule has 2 N–H and O–H groups in total. The number of sulfonamides is 1. The first-order chi connectivity index (χ1) is 21.9. The van der Waals surface area contributed by atoms with Crippen molar-refractivity contribution in [1.82, 2.24) is 13.8 Å². The summed E-state index contributed by atoms with van der Waals surface area (Å²) < 4.78 is 49.7. The highest BCUT2D eigenvalue weighted by Crippen LogP contribution is 2.30. The Morgan fingerprint density at radius 2 is 1.87 bits per heavy atom. The second kappa shape index (κ2) is 13.6. The number of nitrogens with one attached hydrogen (secondary N) is 1. The predicted molar refractivity (Wildman–Crippen MR) is 173 cm³/mol. The van der Waals surface area contributed by atoms with Crippen molar-refractivity contribution < 1.29 is 32.2 Å². The molecule has 5 rings (SSSR count). The van der Waals surface area contributed by atoms with Gasteiger partial charge in [0, 0.05) is 54.9 Å². The largest absolute Gasteiger partial charge is 0.488 e. The number of nitrogens with zero attached hydrogens (tertiary/aromatic N) is 3. The van der Waals surface area contributed by atoms with Gasteiger partial charge in [-0.25, -0.2) is 12.8 Å². The number of hydrogen-bond donors (Lipinski definition) is 2. The first-order valence-electron chi connectivity index (χ1n) is 15.1. The van der Waals surface area contributed by atoms with Gasteiger partial charge in [0.1, 0.15) is 17.7 Å². The minimum absolute atomic E-state index is 0.0458. The van der Waals surface area contributed by atoms with E-state index in [2.05, 4.69) is 5.32 Å². The highest BCUT2D eigenvalue weighted by Gasteiger charge is 2.33. The normalized spacial score (nSPS) is 18.0. The van der Waals surface area contributed by atoms with E-state index < -0.39 is 28.0 Å². The number of hydrogen-bond acceptors (Lipinski definition) is 6. The molecule has 46 heavy (non-hydrogen) atoms. The van der Waals surface area contributed by atoms with Gasteiger partial charge in [0.05, 0.1) is 36.9 Å². The molecule has 0 spiro atoms. The number of aryl methyl sites for hydroxylation is 1. The lowest BCUT2D eigenvalue weighted by molar-refractivity contribution is -0.134. The van der Waals surface area contributed by atoms with Gasteiger partial charge in [-0.3, -0.25) is 9.59 Å². The van der Waals surface area contributed by atoms with Crippen LogP contribution in [-0.4, -0.2) is 78.0 Å². The molecule has 12 heteroatoms. The molecular weight excluding hydrogens is 611 g/mol. The number of aliphatic hydroxyl groups is 1. The molecule has 2 heterocycles. The number of para-hydroxylation sites is 1. The van der Waals surface area contributed by atoms with Gasteiger partial charge < -0.3 is 24.6 Å². The molecule has 0 fully saturated rings. The standard InChI is InChI=1S/C34H39FN4O6S/c1-22-18-39(23(2)21-40)34(42)17-24-15-27(36-33(41)16-25-19-37(3)30-8-6-5-7-29(25)30)11-14-31(24)45-32(22)20-38(4)46(43,44)28-12-9-26(35)10-13-28/h5-15,19,22-23,32,40H,16-18,20-21H2,1-4H3,(H,36,41)/t22-,23-,32-/m0/s1. The lowest BCUT2D eigenvalue weighted by Gasteiger charge is -2.33. The Kier molecular flexibility index (Phi) is 9.80. The number of amides is 2. The van der Waals surface area contributed by atoms with Crippen LogP contribution in [-0.2, 0) is 39.5 Å². The number of rotatable bonds is 9. The molecule has 1 aliphatic heterocycles. The molecular formula is C34H39FN4O6S. The van der Waals surface area contributed by atoms with Gasteiger partial charge in [0.15, 0.2) is 0 Å². The molecule has 0 saturated heterocycles. The minimum Gasteiger partial charge on any atom is -0.488 e. The number of carbonyl (C=O) groups is 2. The molecule has 0 radical (unpaired) electrons. The van der Waals surface area contributed by atoms with E-state index in [0.717, 1.165) is 32.9 Å². The quantitative estimate of drug-likeness (QED) is 0.283. The third kappa shape index (κ3) is 7.09. The number of anilines is 1. The molecule has 0 unspecified atom stereocenters. The number of aromatic nitrogens is 1. The smallest absolute Gasteiger partial charge is 0.242 e. The summed E-state index contributed by atoms with van der Waals surface area (Å²) in [5, 5.41) is 13.9. The van der Waals surface area contributed by atoms with E-state index in [1.165, 1.54) is 19.2 Å². The molecule has 3 aromatic carbocycles. The summed E-state index contributed by atoms with van der Waals surface area (Å²) >= 11 is 0. The van der Waals surface area contributed by atoms with E-state index in [9.17, 15) is 27.5 Å². The number of halogens is 1. The van der Waals surface area contributed by atoms with Crippen LogP contribution in [0, 0.1) is 11.7 Å². The third-order valence-electron chi connectivity index (χ3n) is 8.49. The van der Waals surface area contributed by atoms with Crippen LogP contribution in [0.5, 0.6) is 5.75 Å². The molecule has 2 amide bonds. The van der Waals surface area contributed by atoms with Gasteiger partial charge in [-0.1, -0.05) is 25.1 Å². The number of likely N-dealkylation sites (N-methyl/N-ethyl adjacent to an activating group) is 1. The van der Waals surface area contributed by atoms with Crippen LogP contribution in [0.1, 0.15) is 25.0 Å². The summed E-state index contributed by atoms with van der Waals surface area (Å²) in [6.45, 7) is 3.52. The van der Waals surface area contributed by atoms with Gasteiger partial charge in [-0.05, 0) is 61.0 Å². The Labute approximate surface area is 268 Å². The van der Waals surface area contributed by atoms with E-state index in [0.29, 0.717) is 17.0 Å². The first-order valence-corrected chi connectivity index (χ1v) is 16.6. The highest BCUT2D eigenvalue weighted by molar-refractivity contribution is 7.89. The van der Waals surface area contributed by atoms with E-state index in [-0.39, 0.29) is 55.2 Å². The van der Waals surface area contributed by atoms with Gasteiger partial charge >= 0.3 is 0 Å². The van der Waals surface area contributed by atoms with Crippen molar-refractivity contribution in [2.75, 3.05) is 32.1 Å². The van der Waals surface area contributed by atoms with Gasteiger partial charge in [0.25, 0.3) is 0 Å². The number of carbonyl (C=O) groups excluding carboxylic acids is 2. The SMILES string of the molecule is C[C@H]1CN([C@@H](C)CO)C(=O)Cc2cc(NC(=O)Cc3cn(C)c4ccccc34)ccc2O[C@H]1CN(C)S(=O)(=O)c1ccc(F)cc1. The average molecular weight is 651 g/mol. The Bertz CT molecular complexity index is 1840. The van der Waals surface area contributed by atoms with Crippen LogP contribution in [0.25, 0.3) is 10.9 Å². The maximum atomic E-state index is 13.6. The van der Waals surface area contributed by atoms with Crippen LogP contribution in [0.2, 0.25) is 0 Å². The molecule has 0 bridgehead atoms. The fourth-order valence-electron chi connectivity index (χ4n) is 5.81. The van der Waals surface area contributed by atoms with Crippen LogP contribution >= 0.6 is 0 Å². The van der Waals surface area contributed by atoms with Crippen molar-refractivity contribution in [3.63, 3.8) is 0 Å². The highest BCUT2D eigenvalue weighted by atomic mass is 32.2. The van der Waals surface area contributed by atoms with Crippen molar-refractivity contribution in [3.05, 3.63) is 89.9 Å². The van der Waals surface area contributed by atoms with Crippen molar-refractivity contribution in [2.45, 2.75) is 43.7 Å². The monoisotopic (exact) mass is 650 g/mol. The zero-order valence-electron chi connectivity index (χ0n) is 26.3. The molecule has 244 valence electrons. The summed E-state index contributed by atoms with van der Waals surface area (Å²) in [7, 11) is -0.612. The number of benzene rings is 3. The lowest BCUT2D eigenvalue weighted by atomic mass is 10.0. The molecule has 1 aromatic heterocycles. The Balaban J connectivity index is 1.41. The van der Waals surface area contributed by atoms with Crippen LogP contribution in [0.4, 0.5) is 10.1 Å². The number of fused-ring (bicyclic) bond motifs is 2. The zero-order chi connectivity index (χ0) is 33.2. The zero-order valence-corrected chi connectivity index (χ0v) is 27.1. The van der Waals surface area contributed by atoms with Gasteiger partial charge in [-0.2, -0.15) is 4.31 Å². The predicted octanol–water partition coefficient (Wildman–Crippen LogP) is 3.97. The van der Waals surface area contributed by atoms with E-state index in [1.54, 1.807) is 30.0 Å². The van der Waals surface area contributed by atoms with Crippen LogP contribution in [0.15, 0.2) is 77.8 Å². The van der Waals surface area contributed by atoms with Crippen LogP contribution in [0.3, 0.4) is 0 Å². The van der Waals surface area contributed by atoms with Gasteiger partial charge in [0.2, 0.25) is 21.8 Å². The molecule has 0 saturated carbocycles. The first kappa shape index (κ1) is 33.1. The lowest BCUT2D eigenvalue weighted by Crippen LogP contribution is -2.48. The fraction of sp³-hybridized carbons (Fsp3) is 0.353. The molecule has 0 aliphatic carbocycles.